The molecule has 0 aliphatic rings. The van der Waals surface area contributed by atoms with Crippen molar-refractivity contribution >= 4 is 34.5 Å². The highest BCUT2D eigenvalue weighted by molar-refractivity contribution is 7.07. The van der Waals surface area contributed by atoms with E-state index >= 15 is 0 Å². The third-order valence-electron chi connectivity index (χ3n) is 2.03. The quantitative estimate of drug-likeness (QED) is 0.821. The third kappa shape index (κ3) is 2.32. The van der Waals surface area contributed by atoms with Crippen LogP contribution in [0.5, 0.6) is 5.75 Å². The van der Waals surface area contributed by atoms with Gasteiger partial charge in [-0.2, -0.15) is 0 Å². The predicted molar refractivity (Wildman–Crippen MR) is 68.7 cm³/mol. The van der Waals surface area contributed by atoms with E-state index in [1.165, 1.54) is 11.3 Å². The minimum absolute atomic E-state index is 0.550. The number of hydrogen-bond donors (Lipinski definition) is 0. The van der Waals surface area contributed by atoms with Crippen molar-refractivity contribution in [3.05, 3.63) is 33.1 Å². The standard InChI is InChI=1S/C11H9Cl2NOS/c1-2-15-11-4-8(12)7(3-9(11)13)10-5-16-6-14-10/h3-6H,2H2,1H3. The predicted octanol–water partition coefficient (Wildman–Crippen LogP) is 4.52. The maximum atomic E-state index is 6.15. The summed E-state index contributed by atoms with van der Waals surface area (Å²) in [5.41, 5.74) is 3.42. The molecule has 2 aromatic rings. The third-order valence-corrected chi connectivity index (χ3v) is 3.22. The van der Waals surface area contributed by atoms with E-state index in [0.29, 0.717) is 22.4 Å². The summed E-state index contributed by atoms with van der Waals surface area (Å²) in [6.07, 6.45) is 0. The lowest BCUT2D eigenvalue weighted by molar-refractivity contribution is 0.340. The first kappa shape index (κ1) is 11.7. The molecule has 1 aromatic heterocycles. The van der Waals surface area contributed by atoms with Crippen LogP contribution in [0.3, 0.4) is 0 Å². The van der Waals surface area contributed by atoms with E-state index in [-0.39, 0.29) is 0 Å². The molecular formula is C11H9Cl2NOS. The molecule has 1 heterocycles. The van der Waals surface area contributed by atoms with E-state index < -0.39 is 0 Å². The van der Waals surface area contributed by atoms with Gasteiger partial charge in [0.25, 0.3) is 0 Å². The topological polar surface area (TPSA) is 22.1 Å². The Morgan fingerprint density at radius 3 is 2.75 bits per heavy atom. The Hall–Kier alpha value is -0.770. The van der Waals surface area contributed by atoms with Crippen molar-refractivity contribution in [1.29, 1.82) is 0 Å². The Morgan fingerprint density at radius 2 is 2.12 bits per heavy atom. The van der Waals surface area contributed by atoms with Gasteiger partial charge in [-0.05, 0) is 13.0 Å². The Morgan fingerprint density at radius 1 is 1.31 bits per heavy atom. The number of halogens is 2. The first-order valence-corrected chi connectivity index (χ1v) is 6.42. The van der Waals surface area contributed by atoms with Crippen molar-refractivity contribution in [2.75, 3.05) is 6.61 Å². The van der Waals surface area contributed by atoms with Crippen LogP contribution < -0.4 is 4.74 Å². The molecule has 2 nitrogen and oxygen atoms in total. The summed E-state index contributed by atoms with van der Waals surface area (Å²) < 4.78 is 5.36. The van der Waals surface area contributed by atoms with Gasteiger partial charge in [0.15, 0.2) is 0 Å². The lowest BCUT2D eigenvalue weighted by Crippen LogP contribution is -1.93. The lowest BCUT2D eigenvalue weighted by atomic mass is 10.1. The van der Waals surface area contributed by atoms with Gasteiger partial charge in [-0.3, -0.25) is 0 Å². The van der Waals surface area contributed by atoms with Crippen LogP contribution >= 0.6 is 34.5 Å². The van der Waals surface area contributed by atoms with E-state index in [2.05, 4.69) is 4.98 Å². The molecule has 0 bridgehead atoms. The summed E-state index contributed by atoms with van der Waals surface area (Å²) in [6.45, 7) is 2.46. The molecule has 0 unspecified atom stereocenters. The minimum atomic E-state index is 0.550. The number of thiazole rings is 1. The average Bonchev–Trinajstić information content (AvgIpc) is 2.76. The van der Waals surface area contributed by atoms with Crippen LogP contribution in [-0.2, 0) is 0 Å². The largest absolute Gasteiger partial charge is 0.492 e. The zero-order chi connectivity index (χ0) is 11.5. The molecule has 84 valence electrons. The van der Waals surface area contributed by atoms with E-state index in [4.69, 9.17) is 27.9 Å². The molecule has 0 aliphatic heterocycles. The van der Waals surface area contributed by atoms with Crippen LogP contribution in [0.1, 0.15) is 6.92 Å². The van der Waals surface area contributed by atoms with Crippen molar-refractivity contribution in [2.45, 2.75) is 6.92 Å². The molecule has 0 aliphatic carbocycles. The highest BCUT2D eigenvalue weighted by Gasteiger charge is 2.11. The molecule has 0 spiro atoms. The molecule has 0 saturated heterocycles. The molecule has 0 radical (unpaired) electrons. The van der Waals surface area contributed by atoms with Crippen molar-refractivity contribution in [2.24, 2.45) is 0 Å². The zero-order valence-electron chi connectivity index (χ0n) is 8.54. The number of ether oxygens (including phenoxy) is 1. The normalized spacial score (nSPS) is 10.4. The van der Waals surface area contributed by atoms with E-state index in [1.807, 2.05) is 12.3 Å². The van der Waals surface area contributed by atoms with Gasteiger partial charge >= 0.3 is 0 Å². The molecular weight excluding hydrogens is 265 g/mol. The maximum absolute atomic E-state index is 6.15. The second-order valence-corrected chi connectivity index (χ2v) is 4.60. The fraction of sp³-hybridized carbons (Fsp3) is 0.182. The summed E-state index contributed by atoms with van der Waals surface area (Å²) in [7, 11) is 0. The Balaban J connectivity index is 2.46. The van der Waals surface area contributed by atoms with Crippen LogP contribution in [0.15, 0.2) is 23.0 Å². The van der Waals surface area contributed by atoms with Crippen LogP contribution in [0, 0.1) is 0 Å². The lowest BCUT2D eigenvalue weighted by Gasteiger charge is -2.08. The minimum Gasteiger partial charge on any atom is -0.492 e. The second kappa shape index (κ2) is 5.04. The fourth-order valence-corrected chi connectivity index (χ4v) is 2.36. The SMILES string of the molecule is CCOc1cc(Cl)c(-c2cscn2)cc1Cl. The van der Waals surface area contributed by atoms with Crippen molar-refractivity contribution in [3.63, 3.8) is 0 Å². The zero-order valence-corrected chi connectivity index (χ0v) is 10.9. The number of hydrogen-bond acceptors (Lipinski definition) is 3. The van der Waals surface area contributed by atoms with E-state index in [1.54, 1.807) is 17.6 Å². The van der Waals surface area contributed by atoms with E-state index in [9.17, 15) is 0 Å². The summed E-state index contributed by atoms with van der Waals surface area (Å²) in [5, 5.41) is 3.07. The first-order valence-electron chi connectivity index (χ1n) is 4.72. The molecule has 0 amide bonds. The smallest absolute Gasteiger partial charge is 0.139 e. The summed E-state index contributed by atoms with van der Waals surface area (Å²) >= 11 is 13.8. The van der Waals surface area contributed by atoms with Gasteiger partial charge in [0, 0.05) is 17.0 Å². The van der Waals surface area contributed by atoms with Crippen molar-refractivity contribution in [3.8, 4) is 17.0 Å². The van der Waals surface area contributed by atoms with Gasteiger partial charge in [0.2, 0.25) is 0 Å². The van der Waals surface area contributed by atoms with Crippen LogP contribution in [-0.4, -0.2) is 11.6 Å². The van der Waals surface area contributed by atoms with Gasteiger partial charge in [0.1, 0.15) is 5.75 Å². The van der Waals surface area contributed by atoms with Gasteiger partial charge in [-0.15, -0.1) is 11.3 Å². The highest BCUT2D eigenvalue weighted by Crippen LogP contribution is 2.36. The Bertz CT molecular complexity index is 485. The number of aromatic nitrogens is 1. The molecule has 5 heteroatoms. The van der Waals surface area contributed by atoms with Gasteiger partial charge in [-0.1, -0.05) is 23.2 Å². The van der Waals surface area contributed by atoms with Gasteiger partial charge in [0.05, 0.1) is 27.9 Å². The molecule has 2 rings (SSSR count). The Kier molecular flexibility index (Phi) is 3.69. The monoisotopic (exact) mass is 273 g/mol. The van der Waals surface area contributed by atoms with Crippen molar-refractivity contribution in [1.82, 2.24) is 4.98 Å². The summed E-state index contributed by atoms with van der Waals surface area (Å²) in [6, 6.07) is 3.51. The Labute approximate surface area is 108 Å². The van der Waals surface area contributed by atoms with Crippen LogP contribution in [0.4, 0.5) is 0 Å². The number of benzene rings is 1. The summed E-state index contributed by atoms with van der Waals surface area (Å²) in [4.78, 5) is 4.20. The van der Waals surface area contributed by atoms with Gasteiger partial charge in [-0.25, -0.2) is 4.98 Å². The molecule has 0 saturated carbocycles. The number of nitrogens with zero attached hydrogens (tertiary/aromatic N) is 1. The molecule has 0 N–H and O–H groups in total. The van der Waals surface area contributed by atoms with Crippen LogP contribution in [0.2, 0.25) is 10.0 Å². The molecule has 0 atom stereocenters. The van der Waals surface area contributed by atoms with E-state index in [0.717, 1.165) is 11.3 Å². The second-order valence-electron chi connectivity index (χ2n) is 3.07. The maximum Gasteiger partial charge on any atom is 0.139 e. The van der Waals surface area contributed by atoms with Crippen LogP contribution in [0.25, 0.3) is 11.3 Å². The van der Waals surface area contributed by atoms with Crippen molar-refractivity contribution < 1.29 is 4.74 Å². The van der Waals surface area contributed by atoms with Gasteiger partial charge < -0.3 is 4.74 Å². The molecule has 16 heavy (non-hydrogen) atoms. The number of rotatable bonds is 3. The summed E-state index contributed by atoms with van der Waals surface area (Å²) in [5.74, 6) is 0.605. The fourth-order valence-electron chi connectivity index (χ4n) is 1.34. The molecule has 1 aromatic carbocycles. The average molecular weight is 274 g/mol. The highest BCUT2D eigenvalue weighted by atomic mass is 35.5. The first-order chi connectivity index (χ1) is 7.72. The molecule has 0 fully saturated rings.